The van der Waals surface area contributed by atoms with Gasteiger partial charge in [-0.3, -0.25) is 0 Å². The number of aromatic nitrogens is 5. The van der Waals surface area contributed by atoms with E-state index < -0.39 is 0 Å². The maximum atomic E-state index is 13.1. The molecule has 9 heteroatoms. The van der Waals surface area contributed by atoms with Gasteiger partial charge in [-0.2, -0.15) is 10.1 Å². The summed E-state index contributed by atoms with van der Waals surface area (Å²) in [6.07, 6.45) is 3.65. The normalized spacial score (nSPS) is 14.8. The fourth-order valence-corrected chi connectivity index (χ4v) is 3.50. The van der Waals surface area contributed by atoms with Crippen LogP contribution in [-0.2, 0) is 19.4 Å². The van der Waals surface area contributed by atoms with Gasteiger partial charge in [0.25, 0.3) is 0 Å². The Morgan fingerprint density at radius 1 is 1.21 bits per heavy atom. The largest absolute Gasteiger partial charge is 0.351 e. The van der Waals surface area contributed by atoms with Crippen molar-refractivity contribution < 1.29 is 4.52 Å². The fraction of sp³-hybridized carbons (Fsp3) is 0.474. The summed E-state index contributed by atoms with van der Waals surface area (Å²) in [7, 11) is 0. The van der Waals surface area contributed by atoms with E-state index in [1.54, 1.807) is 4.57 Å². The average Bonchev–Trinajstić information content (AvgIpc) is 3.28. The first-order valence-corrected chi connectivity index (χ1v) is 9.51. The van der Waals surface area contributed by atoms with Crippen LogP contribution < -0.4 is 11.0 Å². The van der Waals surface area contributed by atoms with Crippen LogP contribution >= 0.6 is 12.4 Å². The highest BCUT2D eigenvalue weighted by molar-refractivity contribution is 5.85. The van der Waals surface area contributed by atoms with Gasteiger partial charge in [0.15, 0.2) is 5.82 Å². The molecule has 0 unspecified atom stereocenters. The first-order chi connectivity index (χ1) is 13.2. The molecule has 0 amide bonds. The smallest absolute Gasteiger partial charge is 0.339 e. The van der Waals surface area contributed by atoms with Gasteiger partial charge in [0, 0.05) is 12.8 Å². The molecular formula is C19H25ClN6O2. The second-order valence-electron chi connectivity index (χ2n) is 6.88. The van der Waals surface area contributed by atoms with Gasteiger partial charge in [0.2, 0.25) is 5.89 Å². The lowest BCUT2D eigenvalue weighted by molar-refractivity contribution is 0.364. The molecule has 28 heavy (non-hydrogen) atoms. The average molecular weight is 405 g/mol. The molecule has 2 aromatic heterocycles. The van der Waals surface area contributed by atoms with Crippen LogP contribution in [0.1, 0.15) is 37.3 Å². The van der Waals surface area contributed by atoms with E-state index >= 15 is 0 Å². The van der Waals surface area contributed by atoms with Crippen molar-refractivity contribution in [2.24, 2.45) is 5.92 Å². The summed E-state index contributed by atoms with van der Waals surface area (Å²) in [5.74, 6) is 2.36. The maximum Gasteiger partial charge on any atom is 0.351 e. The summed E-state index contributed by atoms with van der Waals surface area (Å²) in [5, 5.41) is 12.0. The minimum atomic E-state index is -0.173. The van der Waals surface area contributed by atoms with E-state index in [4.69, 9.17) is 4.52 Å². The molecule has 8 nitrogen and oxygen atoms in total. The highest BCUT2D eigenvalue weighted by atomic mass is 35.5. The topological polar surface area (TPSA) is 90.8 Å². The van der Waals surface area contributed by atoms with Gasteiger partial charge >= 0.3 is 5.69 Å². The van der Waals surface area contributed by atoms with E-state index in [0.29, 0.717) is 24.1 Å². The Hall–Kier alpha value is -2.45. The van der Waals surface area contributed by atoms with Crippen molar-refractivity contribution >= 4 is 12.4 Å². The lowest BCUT2D eigenvalue weighted by Gasteiger charge is -2.22. The molecule has 0 radical (unpaired) electrons. The van der Waals surface area contributed by atoms with Crippen molar-refractivity contribution in [2.75, 3.05) is 13.1 Å². The lowest BCUT2D eigenvalue weighted by atomic mass is 9.94. The summed E-state index contributed by atoms with van der Waals surface area (Å²) in [5.41, 5.74) is 0.660. The Morgan fingerprint density at radius 3 is 2.64 bits per heavy atom. The lowest BCUT2D eigenvalue weighted by Crippen LogP contribution is -2.29. The third kappa shape index (κ3) is 4.34. The minimum absolute atomic E-state index is 0. The highest BCUT2D eigenvalue weighted by Gasteiger charge is 2.21. The van der Waals surface area contributed by atoms with Gasteiger partial charge in [0.05, 0.1) is 5.69 Å². The molecule has 3 heterocycles. The molecule has 1 fully saturated rings. The molecule has 3 aromatic rings. The van der Waals surface area contributed by atoms with Gasteiger partial charge in [-0.15, -0.1) is 12.4 Å². The minimum Gasteiger partial charge on any atom is -0.339 e. The van der Waals surface area contributed by atoms with E-state index in [9.17, 15) is 4.79 Å². The van der Waals surface area contributed by atoms with Gasteiger partial charge < -0.3 is 9.84 Å². The zero-order valence-electron chi connectivity index (χ0n) is 15.9. The predicted octanol–water partition coefficient (Wildman–Crippen LogP) is 1.99. The van der Waals surface area contributed by atoms with Crippen LogP contribution in [0.15, 0.2) is 39.6 Å². The number of nitrogens with one attached hydrogen (secondary N) is 1. The molecule has 1 aliphatic rings. The Kier molecular flexibility index (Phi) is 6.64. The van der Waals surface area contributed by atoms with E-state index in [2.05, 4.69) is 20.6 Å². The Labute approximate surface area is 169 Å². The second kappa shape index (κ2) is 9.16. The number of hydrogen-bond acceptors (Lipinski definition) is 6. The summed E-state index contributed by atoms with van der Waals surface area (Å²) in [6.45, 7) is 4.19. The van der Waals surface area contributed by atoms with Crippen LogP contribution in [0, 0.1) is 5.92 Å². The Bertz CT molecular complexity index is 943. The van der Waals surface area contributed by atoms with Crippen molar-refractivity contribution in [3.63, 3.8) is 0 Å². The molecule has 0 atom stereocenters. The number of hydrogen-bond donors (Lipinski definition) is 1. The standard InChI is InChI=1S/C19H24N6O2.ClH/c1-2-18-21-16(23-27-18)13-24-19(26)25(15-6-4-3-5-7-15)17(22-24)12-14-8-10-20-11-9-14;/h3-7,14,20H,2,8-13H2,1H3;1H. The number of nitrogens with zero attached hydrogens (tertiary/aromatic N) is 5. The van der Waals surface area contributed by atoms with Crippen LogP contribution in [0.3, 0.4) is 0 Å². The van der Waals surface area contributed by atoms with Crippen LogP contribution in [0.2, 0.25) is 0 Å². The molecule has 150 valence electrons. The number of benzene rings is 1. The van der Waals surface area contributed by atoms with Crippen molar-refractivity contribution in [1.82, 2.24) is 29.8 Å². The fourth-order valence-electron chi connectivity index (χ4n) is 3.50. The molecule has 0 saturated carbocycles. The van der Waals surface area contributed by atoms with Crippen molar-refractivity contribution in [3.05, 3.63) is 58.4 Å². The first-order valence-electron chi connectivity index (χ1n) is 9.51. The molecule has 1 aromatic carbocycles. The predicted molar refractivity (Wildman–Crippen MR) is 107 cm³/mol. The zero-order chi connectivity index (χ0) is 18.6. The van der Waals surface area contributed by atoms with E-state index in [1.807, 2.05) is 37.3 Å². The van der Waals surface area contributed by atoms with Crippen LogP contribution in [0.5, 0.6) is 0 Å². The Morgan fingerprint density at radius 2 is 1.96 bits per heavy atom. The second-order valence-corrected chi connectivity index (χ2v) is 6.88. The Balaban J connectivity index is 0.00000225. The molecule has 0 spiro atoms. The van der Waals surface area contributed by atoms with Gasteiger partial charge in [-0.25, -0.2) is 14.0 Å². The molecule has 0 aliphatic carbocycles. The molecule has 0 bridgehead atoms. The first kappa shape index (κ1) is 20.3. The van der Waals surface area contributed by atoms with Crippen molar-refractivity contribution in [2.45, 2.75) is 39.2 Å². The summed E-state index contributed by atoms with van der Waals surface area (Å²) < 4.78 is 8.30. The van der Waals surface area contributed by atoms with Crippen LogP contribution in [0.25, 0.3) is 5.69 Å². The van der Waals surface area contributed by atoms with E-state index in [0.717, 1.165) is 43.9 Å². The summed E-state index contributed by atoms with van der Waals surface area (Å²) >= 11 is 0. The molecule has 1 aliphatic heterocycles. The third-order valence-corrected chi connectivity index (χ3v) is 4.95. The molecule has 4 rings (SSSR count). The third-order valence-electron chi connectivity index (χ3n) is 4.95. The monoisotopic (exact) mass is 404 g/mol. The summed E-state index contributed by atoms with van der Waals surface area (Å²) in [4.78, 5) is 17.4. The number of halogens is 1. The quantitative estimate of drug-likeness (QED) is 0.675. The van der Waals surface area contributed by atoms with Crippen molar-refractivity contribution in [3.8, 4) is 5.69 Å². The number of piperidine rings is 1. The van der Waals surface area contributed by atoms with Gasteiger partial charge in [-0.1, -0.05) is 30.3 Å². The maximum absolute atomic E-state index is 13.1. The highest BCUT2D eigenvalue weighted by Crippen LogP contribution is 2.18. The van der Waals surface area contributed by atoms with Gasteiger partial charge in [0.1, 0.15) is 12.4 Å². The summed E-state index contributed by atoms with van der Waals surface area (Å²) in [6, 6.07) is 9.67. The number of rotatable bonds is 6. The number of para-hydroxylation sites is 1. The number of aryl methyl sites for hydroxylation is 1. The SMILES string of the molecule is CCc1nc(Cn2nc(CC3CCNCC3)n(-c3ccccc3)c2=O)no1.Cl. The van der Waals surface area contributed by atoms with Crippen LogP contribution in [-0.4, -0.2) is 37.6 Å². The van der Waals surface area contributed by atoms with Crippen molar-refractivity contribution in [1.29, 1.82) is 0 Å². The zero-order valence-corrected chi connectivity index (χ0v) is 16.7. The molecule has 1 N–H and O–H groups in total. The van der Waals surface area contributed by atoms with Crippen LogP contribution in [0.4, 0.5) is 0 Å². The molecular weight excluding hydrogens is 380 g/mol. The van der Waals surface area contributed by atoms with E-state index in [1.165, 1.54) is 4.68 Å². The van der Waals surface area contributed by atoms with E-state index in [-0.39, 0.29) is 24.6 Å². The molecule has 1 saturated heterocycles. The van der Waals surface area contributed by atoms with Gasteiger partial charge in [-0.05, 0) is 44.0 Å².